The molecule has 6 heteroatoms. The van der Waals surface area contributed by atoms with E-state index in [2.05, 4.69) is 19.2 Å². The van der Waals surface area contributed by atoms with Crippen LogP contribution in [-0.4, -0.2) is 60.9 Å². The molecule has 2 saturated heterocycles. The number of rotatable bonds is 5. The second kappa shape index (κ2) is 9.11. The van der Waals surface area contributed by atoms with Gasteiger partial charge < -0.3 is 19.7 Å². The quantitative estimate of drug-likeness (QED) is 0.853. The minimum atomic E-state index is -0.254. The van der Waals surface area contributed by atoms with E-state index in [0.29, 0.717) is 37.8 Å². The van der Waals surface area contributed by atoms with E-state index in [4.69, 9.17) is 9.47 Å². The third kappa shape index (κ3) is 5.38. The maximum atomic E-state index is 12.4. The predicted molar refractivity (Wildman–Crippen MR) is 105 cm³/mol. The molecule has 2 aliphatic heterocycles. The van der Waals surface area contributed by atoms with Crippen LogP contribution in [0, 0.1) is 5.41 Å². The van der Waals surface area contributed by atoms with Crippen molar-refractivity contribution in [3.63, 3.8) is 0 Å². The highest BCUT2D eigenvalue weighted by Crippen LogP contribution is 2.34. The van der Waals surface area contributed by atoms with Crippen LogP contribution in [0.5, 0.6) is 0 Å². The molecule has 1 amide bonds. The average molecular weight is 379 g/mol. The van der Waals surface area contributed by atoms with Crippen LogP contribution < -0.4 is 5.32 Å². The number of hydrogen-bond donors (Lipinski definition) is 1. The van der Waals surface area contributed by atoms with Crippen molar-refractivity contribution in [1.29, 1.82) is 0 Å². The molecule has 0 saturated carbocycles. The summed E-state index contributed by atoms with van der Waals surface area (Å²) in [6.45, 7) is 7.49. The van der Waals surface area contributed by atoms with E-state index in [1.165, 1.54) is 12.2 Å². The highest BCUT2D eigenvalue weighted by Gasteiger charge is 2.33. The molecule has 1 N–H and O–H groups in total. The highest BCUT2D eigenvalue weighted by atomic mass is 32.2. The van der Waals surface area contributed by atoms with Crippen molar-refractivity contribution in [3.05, 3.63) is 35.9 Å². The van der Waals surface area contributed by atoms with Crippen molar-refractivity contribution in [2.24, 2.45) is 5.41 Å². The summed E-state index contributed by atoms with van der Waals surface area (Å²) in [4.78, 5) is 14.1. The average Bonchev–Trinajstić information content (AvgIpc) is 2.66. The number of carbonyl (C=O) groups is 1. The second-order valence-electron chi connectivity index (χ2n) is 7.75. The largest absolute Gasteiger partial charge is 0.445 e. The smallest absolute Gasteiger partial charge is 0.410 e. The topological polar surface area (TPSA) is 50.8 Å². The SMILES string of the molecule is CC1(C)CCSCC1NCC1CN(C(=O)OCc2ccccc2)CCO1. The summed E-state index contributed by atoms with van der Waals surface area (Å²) in [6.07, 6.45) is 1.00. The molecule has 0 radical (unpaired) electrons. The minimum Gasteiger partial charge on any atom is -0.445 e. The van der Waals surface area contributed by atoms with E-state index in [1.807, 2.05) is 42.1 Å². The van der Waals surface area contributed by atoms with Crippen molar-refractivity contribution in [1.82, 2.24) is 10.2 Å². The van der Waals surface area contributed by atoms with Crippen molar-refractivity contribution >= 4 is 17.9 Å². The van der Waals surface area contributed by atoms with E-state index in [9.17, 15) is 4.79 Å². The standard InChI is InChI=1S/C20H30N2O3S/c1-20(2)8-11-26-15-18(20)21-12-17-13-22(9-10-24-17)19(23)25-14-16-6-4-3-5-7-16/h3-7,17-18,21H,8-15H2,1-2H3. The monoisotopic (exact) mass is 378 g/mol. The van der Waals surface area contributed by atoms with Gasteiger partial charge in [0.25, 0.3) is 0 Å². The van der Waals surface area contributed by atoms with Gasteiger partial charge in [0.15, 0.2) is 0 Å². The van der Waals surface area contributed by atoms with Crippen molar-refractivity contribution in [2.45, 2.75) is 39.0 Å². The summed E-state index contributed by atoms with van der Waals surface area (Å²) < 4.78 is 11.3. The fourth-order valence-corrected chi connectivity index (χ4v) is 5.01. The summed E-state index contributed by atoms with van der Waals surface area (Å²) in [6, 6.07) is 10.3. The van der Waals surface area contributed by atoms with Gasteiger partial charge >= 0.3 is 6.09 Å². The van der Waals surface area contributed by atoms with Crippen molar-refractivity contribution in [2.75, 3.05) is 37.7 Å². The molecule has 2 atom stereocenters. The maximum absolute atomic E-state index is 12.4. The first kappa shape index (κ1) is 19.5. The third-order valence-corrected chi connectivity index (χ3v) is 6.37. The fraction of sp³-hybridized carbons (Fsp3) is 0.650. The number of nitrogens with one attached hydrogen (secondary N) is 1. The summed E-state index contributed by atoms with van der Waals surface area (Å²) in [5.74, 6) is 2.38. The molecule has 2 fully saturated rings. The van der Waals surface area contributed by atoms with Gasteiger partial charge in [-0.3, -0.25) is 0 Å². The molecule has 2 heterocycles. The van der Waals surface area contributed by atoms with Crippen molar-refractivity contribution < 1.29 is 14.3 Å². The zero-order valence-corrected chi connectivity index (χ0v) is 16.6. The van der Waals surface area contributed by atoms with Crippen LogP contribution in [0.1, 0.15) is 25.8 Å². The summed E-state index contributed by atoms with van der Waals surface area (Å²) >= 11 is 2.01. The van der Waals surface area contributed by atoms with Gasteiger partial charge in [-0.1, -0.05) is 44.2 Å². The van der Waals surface area contributed by atoms with Gasteiger partial charge in [0, 0.05) is 24.9 Å². The van der Waals surface area contributed by atoms with E-state index >= 15 is 0 Å². The molecule has 0 aliphatic carbocycles. The lowest BCUT2D eigenvalue weighted by Gasteiger charge is -2.40. The molecule has 5 nitrogen and oxygen atoms in total. The van der Waals surface area contributed by atoms with Gasteiger partial charge in [0.2, 0.25) is 0 Å². The third-order valence-electron chi connectivity index (χ3n) is 5.31. The van der Waals surface area contributed by atoms with Gasteiger partial charge in [-0.15, -0.1) is 0 Å². The second-order valence-corrected chi connectivity index (χ2v) is 8.90. The number of nitrogens with zero attached hydrogens (tertiary/aromatic N) is 1. The van der Waals surface area contributed by atoms with Crippen LogP contribution in [0.4, 0.5) is 4.79 Å². The molecule has 144 valence electrons. The predicted octanol–water partition coefficient (Wildman–Crippen LogP) is 3.15. The minimum absolute atomic E-state index is 0.0238. The zero-order chi connectivity index (χ0) is 18.4. The Labute approximate surface area is 160 Å². The first-order valence-corrected chi connectivity index (χ1v) is 10.6. The number of hydrogen-bond acceptors (Lipinski definition) is 5. The number of amides is 1. The molecule has 0 aromatic heterocycles. The molecule has 2 unspecified atom stereocenters. The molecule has 26 heavy (non-hydrogen) atoms. The lowest BCUT2D eigenvalue weighted by Crippen LogP contribution is -2.53. The molecule has 1 aromatic rings. The number of carbonyl (C=O) groups excluding carboxylic acids is 1. The van der Waals surface area contributed by atoms with Crippen LogP contribution in [0.3, 0.4) is 0 Å². The van der Waals surface area contributed by atoms with Crippen molar-refractivity contribution in [3.8, 4) is 0 Å². The maximum Gasteiger partial charge on any atom is 0.410 e. The summed E-state index contributed by atoms with van der Waals surface area (Å²) in [7, 11) is 0. The summed E-state index contributed by atoms with van der Waals surface area (Å²) in [5.41, 5.74) is 1.32. The first-order chi connectivity index (χ1) is 12.5. The Morgan fingerprint density at radius 3 is 2.96 bits per heavy atom. The zero-order valence-electron chi connectivity index (χ0n) is 15.8. The van der Waals surface area contributed by atoms with E-state index < -0.39 is 0 Å². The molecule has 0 spiro atoms. The van der Waals surface area contributed by atoms with Gasteiger partial charge in [0.1, 0.15) is 6.61 Å². The number of thioether (sulfide) groups is 1. The van der Waals surface area contributed by atoms with Gasteiger partial charge in [-0.25, -0.2) is 4.79 Å². The first-order valence-electron chi connectivity index (χ1n) is 9.43. The molecule has 1 aromatic carbocycles. The molecule has 2 aliphatic rings. The van der Waals surface area contributed by atoms with E-state index in [1.54, 1.807) is 4.90 Å². The normalized spacial score (nSPS) is 25.7. The van der Waals surface area contributed by atoms with Crippen LogP contribution in [-0.2, 0) is 16.1 Å². The number of ether oxygens (including phenoxy) is 2. The van der Waals surface area contributed by atoms with Crippen LogP contribution in [0.25, 0.3) is 0 Å². The van der Waals surface area contributed by atoms with Gasteiger partial charge in [-0.2, -0.15) is 11.8 Å². The van der Waals surface area contributed by atoms with E-state index in [0.717, 1.165) is 17.9 Å². The Morgan fingerprint density at radius 2 is 2.19 bits per heavy atom. The van der Waals surface area contributed by atoms with Crippen LogP contribution in [0.15, 0.2) is 30.3 Å². The molecule has 0 bridgehead atoms. The lowest BCUT2D eigenvalue weighted by atomic mass is 9.82. The fourth-order valence-electron chi connectivity index (χ4n) is 3.36. The lowest BCUT2D eigenvalue weighted by molar-refractivity contribution is -0.0292. The van der Waals surface area contributed by atoms with Crippen LogP contribution >= 0.6 is 11.8 Å². The highest BCUT2D eigenvalue weighted by molar-refractivity contribution is 7.99. The van der Waals surface area contributed by atoms with E-state index in [-0.39, 0.29) is 12.2 Å². The molecular weight excluding hydrogens is 348 g/mol. The Bertz CT molecular complexity index is 582. The van der Waals surface area contributed by atoms with Gasteiger partial charge in [-0.05, 0) is 23.2 Å². The Morgan fingerprint density at radius 1 is 1.38 bits per heavy atom. The Hall–Kier alpha value is -1.24. The molecular formula is C20H30N2O3S. The molecule has 3 rings (SSSR count). The summed E-state index contributed by atoms with van der Waals surface area (Å²) in [5, 5.41) is 3.67. The van der Waals surface area contributed by atoms with Crippen LogP contribution in [0.2, 0.25) is 0 Å². The Balaban J connectivity index is 1.44. The Kier molecular flexibility index (Phi) is 6.84. The van der Waals surface area contributed by atoms with Gasteiger partial charge in [0.05, 0.1) is 19.3 Å². The number of morpholine rings is 1. The number of benzene rings is 1.